The zero-order valence-corrected chi connectivity index (χ0v) is 12.0. The maximum Gasteiger partial charge on any atom is 0.103 e. The van der Waals surface area contributed by atoms with E-state index in [9.17, 15) is 5.26 Å². The van der Waals surface area contributed by atoms with Crippen LogP contribution >= 0.6 is 0 Å². The highest BCUT2D eigenvalue weighted by Crippen LogP contribution is 2.28. The predicted molar refractivity (Wildman–Crippen MR) is 77.0 cm³/mol. The number of rotatable bonds is 2. The molecule has 0 radical (unpaired) electrons. The van der Waals surface area contributed by atoms with Crippen molar-refractivity contribution in [2.75, 3.05) is 18.0 Å². The Labute approximate surface area is 115 Å². The summed E-state index contributed by atoms with van der Waals surface area (Å²) >= 11 is 0. The van der Waals surface area contributed by atoms with Crippen molar-refractivity contribution >= 4 is 5.69 Å². The Bertz CT molecular complexity index is 504. The van der Waals surface area contributed by atoms with E-state index in [1.54, 1.807) is 0 Å². The van der Waals surface area contributed by atoms with Gasteiger partial charge in [-0.3, -0.25) is 4.98 Å². The van der Waals surface area contributed by atoms with E-state index in [0.29, 0.717) is 11.5 Å². The molecule has 1 fully saturated rings. The summed E-state index contributed by atoms with van der Waals surface area (Å²) < 4.78 is 0. The summed E-state index contributed by atoms with van der Waals surface area (Å²) in [5.41, 5.74) is 9.67. The van der Waals surface area contributed by atoms with E-state index < -0.39 is 0 Å². The van der Waals surface area contributed by atoms with Crippen LogP contribution in [0.2, 0.25) is 0 Å². The number of aromatic nitrogens is 1. The van der Waals surface area contributed by atoms with Crippen LogP contribution in [0.1, 0.15) is 36.7 Å². The molecule has 4 nitrogen and oxygen atoms in total. The number of hydrogen-bond acceptors (Lipinski definition) is 4. The van der Waals surface area contributed by atoms with Crippen molar-refractivity contribution in [3.63, 3.8) is 0 Å². The van der Waals surface area contributed by atoms with E-state index in [0.717, 1.165) is 43.0 Å². The van der Waals surface area contributed by atoms with Crippen molar-refractivity contribution in [2.24, 2.45) is 11.7 Å². The van der Waals surface area contributed by atoms with Gasteiger partial charge in [-0.05, 0) is 32.3 Å². The lowest BCUT2D eigenvalue weighted by Crippen LogP contribution is -2.47. The second-order valence-corrected chi connectivity index (χ2v) is 5.42. The first-order valence-electron chi connectivity index (χ1n) is 6.95. The van der Waals surface area contributed by atoms with E-state index >= 15 is 0 Å². The van der Waals surface area contributed by atoms with Crippen molar-refractivity contribution in [1.82, 2.24) is 4.98 Å². The molecule has 2 unspecified atom stereocenters. The van der Waals surface area contributed by atoms with Gasteiger partial charge in [0.05, 0.1) is 16.9 Å². The average Bonchev–Trinajstić information content (AvgIpc) is 2.38. The summed E-state index contributed by atoms with van der Waals surface area (Å²) in [5.74, 6) is 0.508. The number of piperidine rings is 1. The number of anilines is 1. The third-order valence-corrected chi connectivity index (χ3v) is 4.08. The van der Waals surface area contributed by atoms with E-state index in [2.05, 4.69) is 22.9 Å². The zero-order valence-electron chi connectivity index (χ0n) is 12.0. The number of nitrogens with zero attached hydrogens (tertiary/aromatic N) is 3. The second kappa shape index (κ2) is 5.58. The molecule has 0 aromatic carbocycles. The summed E-state index contributed by atoms with van der Waals surface area (Å²) in [5, 5.41) is 9.35. The molecule has 0 aliphatic carbocycles. The van der Waals surface area contributed by atoms with E-state index in [1.807, 2.05) is 19.9 Å². The highest BCUT2D eigenvalue weighted by atomic mass is 15.2. The molecule has 0 saturated carbocycles. The molecule has 1 aliphatic rings. The van der Waals surface area contributed by atoms with Crippen LogP contribution in [-0.2, 0) is 0 Å². The van der Waals surface area contributed by atoms with Gasteiger partial charge < -0.3 is 10.6 Å². The summed E-state index contributed by atoms with van der Waals surface area (Å²) in [6, 6.07) is 4.61. The fraction of sp³-hybridized carbons (Fsp3) is 0.600. The van der Waals surface area contributed by atoms with Gasteiger partial charge in [0.2, 0.25) is 0 Å². The maximum atomic E-state index is 9.35. The maximum absolute atomic E-state index is 9.35. The number of nitrogens with two attached hydrogens (primary N) is 1. The van der Waals surface area contributed by atoms with Crippen molar-refractivity contribution < 1.29 is 0 Å². The first-order valence-corrected chi connectivity index (χ1v) is 6.95. The number of hydrogen-bond donors (Lipinski definition) is 1. The molecule has 0 bridgehead atoms. The minimum Gasteiger partial charge on any atom is -0.370 e. The van der Waals surface area contributed by atoms with Crippen LogP contribution in [-0.4, -0.2) is 24.1 Å². The van der Waals surface area contributed by atoms with Crippen LogP contribution in [0.5, 0.6) is 0 Å². The smallest absolute Gasteiger partial charge is 0.103 e. The largest absolute Gasteiger partial charge is 0.370 e. The molecule has 1 aromatic rings. The topological polar surface area (TPSA) is 65.9 Å². The minimum atomic E-state index is 0.288. The molecule has 19 heavy (non-hydrogen) atoms. The standard InChI is InChI=1S/C15H22N4/c1-4-12-9-19(6-5-14(12)17)15-7-10(2)18-11(3)13(15)8-16/h7,12,14H,4-6,9,17H2,1-3H3. The van der Waals surface area contributed by atoms with Gasteiger partial charge in [-0.15, -0.1) is 0 Å². The Kier molecular flexibility index (Phi) is 4.06. The van der Waals surface area contributed by atoms with E-state index in [4.69, 9.17) is 5.73 Å². The van der Waals surface area contributed by atoms with Crippen molar-refractivity contribution in [2.45, 2.75) is 39.7 Å². The Morgan fingerprint density at radius 1 is 1.53 bits per heavy atom. The molecule has 1 aromatic heterocycles. The van der Waals surface area contributed by atoms with Crippen LogP contribution < -0.4 is 10.6 Å². The summed E-state index contributed by atoms with van der Waals surface area (Å²) in [6.45, 7) is 7.93. The Balaban J connectivity index is 2.34. The molecule has 4 heteroatoms. The van der Waals surface area contributed by atoms with Crippen molar-refractivity contribution in [3.8, 4) is 6.07 Å². The van der Waals surface area contributed by atoms with Gasteiger partial charge in [-0.1, -0.05) is 13.3 Å². The summed E-state index contributed by atoms with van der Waals surface area (Å²) in [7, 11) is 0. The third kappa shape index (κ3) is 2.71. The van der Waals surface area contributed by atoms with Gasteiger partial charge in [0, 0.05) is 24.8 Å². The van der Waals surface area contributed by atoms with Crippen molar-refractivity contribution in [3.05, 3.63) is 23.0 Å². The molecule has 0 amide bonds. The van der Waals surface area contributed by atoms with Crippen LogP contribution in [0.4, 0.5) is 5.69 Å². The molecule has 2 atom stereocenters. The zero-order chi connectivity index (χ0) is 14.0. The fourth-order valence-corrected chi connectivity index (χ4v) is 2.90. The molecule has 1 saturated heterocycles. The average molecular weight is 258 g/mol. The Morgan fingerprint density at radius 2 is 2.26 bits per heavy atom. The SMILES string of the molecule is CCC1CN(c2cc(C)nc(C)c2C#N)CCC1N. The molecule has 102 valence electrons. The lowest BCUT2D eigenvalue weighted by atomic mass is 9.90. The molecule has 0 spiro atoms. The van der Waals surface area contributed by atoms with Gasteiger partial charge in [0.25, 0.3) is 0 Å². The second-order valence-electron chi connectivity index (χ2n) is 5.42. The van der Waals surface area contributed by atoms with Crippen LogP contribution in [0, 0.1) is 31.1 Å². The minimum absolute atomic E-state index is 0.288. The molecular weight excluding hydrogens is 236 g/mol. The Morgan fingerprint density at radius 3 is 2.89 bits per heavy atom. The predicted octanol–water partition coefficient (Wildman–Crippen LogP) is 2.13. The van der Waals surface area contributed by atoms with Gasteiger partial charge in [-0.25, -0.2) is 0 Å². The first kappa shape index (κ1) is 13.8. The molecule has 2 heterocycles. The normalized spacial score (nSPS) is 23.2. The van der Waals surface area contributed by atoms with Crippen molar-refractivity contribution in [1.29, 1.82) is 5.26 Å². The van der Waals surface area contributed by atoms with Crippen LogP contribution in [0.25, 0.3) is 0 Å². The number of nitriles is 1. The lowest BCUT2D eigenvalue weighted by Gasteiger charge is -2.38. The van der Waals surface area contributed by atoms with Gasteiger partial charge >= 0.3 is 0 Å². The molecular formula is C15H22N4. The van der Waals surface area contributed by atoms with E-state index in [1.165, 1.54) is 0 Å². The highest BCUT2D eigenvalue weighted by Gasteiger charge is 2.27. The van der Waals surface area contributed by atoms with E-state index in [-0.39, 0.29) is 6.04 Å². The lowest BCUT2D eigenvalue weighted by molar-refractivity contribution is 0.348. The van der Waals surface area contributed by atoms with Gasteiger partial charge in [0.15, 0.2) is 0 Å². The third-order valence-electron chi connectivity index (χ3n) is 4.08. The monoisotopic (exact) mass is 258 g/mol. The quantitative estimate of drug-likeness (QED) is 0.882. The highest BCUT2D eigenvalue weighted by molar-refractivity contribution is 5.62. The number of pyridine rings is 1. The van der Waals surface area contributed by atoms with Gasteiger partial charge in [0.1, 0.15) is 6.07 Å². The first-order chi connectivity index (χ1) is 9.06. The number of aryl methyl sites for hydroxylation is 2. The molecule has 2 N–H and O–H groups in total. The Hall–Kier alpha value is -1.60. The molecule has 2 rings (SSSR count). The van der Waals surface area contributed by atoms with Crippen LogP contribution in [0.3, 0.4) is 0 Å². The van der Waals surface area contributed by atoms with Gasteiger partial charge in [-0.2, -0.15) is 5.26 Å². The molecule has 1 aliphatic heterocycles. The van der Waals surface area contributed by atoms with Crippen LogP contribution in [0.15, 0.2) is 6.07 Å². The summed E-state index contributed by atoms with van der Waals surface area (Å²) in [4.78, 5) is 6.68. The fourth-order valence-electron chi connectivity index (χ4n) is 2.90. The summed E-state index contributed by atoms with van der Waals surface area (Å²) in [6.07, 6.45) is 2.08.